The molecule has 0 radical (unpaired) electrons. The van der Waals surface area contributed by atoms with Gasteiger partial charge in [-0.2, -0.15) is 0 Å². The van der Waals surface area contributed by atoms with Crippen LogP contribution in [0.5, 0.6) is 28.7 Å². The fourth-order valence-electron chi connectivity index (χ4n) is 2.40. The minimum Gasteiger partial charge on any atom is -0.504 e. The normalized spacial score (nSPS) is 10.5. The van der Waals surface area contributed by atoms with Crippen molar-refractivity contribution in [3.05, 3.63) is 77.4 Å². The predicted molar refractivity (Wildman–Crippen MR) is 95.3 cm³/mol. The Labute approximate surface area is 142 Å². The third-order valence-corrected chi connectivity index (χ3v) is 3.83. The predicted octanol–water partition coefficient (Wildman–Crippen LogP) is 5.90. The molecule has 0 bridgehead atoms. The number of phenolic OH excluding ortho intramolecular Hbond substituents is 1. The molecule has 0 atom stereocenters. The Morgan fingerprint density at radius 1 is 0.667 bits per heavy atom. The second kappa shape index (κ2) is 6.67. The molecule has 0 aliphatic carbocycles. The number of hydrogen-bond acceptors (Lipinski definition) is 3. The molecule has 0 fully saturated rings. The highest BCUT2D eigenvalue weighted by Gasteiger charge is 2.14. The number of aryl methyl sites for hydroxylation is 3. The molecule has 1 N–H and O–H groups in total. The van der Waals surface area contributed by atoms with Crippen LogP contribution in [-0.4, -0.2) is 5.11 Å². The van der Waals surface area contributed by atoms with Gasteiger partial charge in [0.2, 0.25) is 5.75 Å². The summed E-state index contributed by atoms with van der Waals surface area (Å²) in [5, 5.41) is 10.2. The number of ether oxygens (including phenoxy) is 2. The van der Waals surface area contributed by atoms with Crippen LogP contribution in [0.2, 0.25) is 0 Å². The number of benzene rings is 3. The second-order valence-electron chi connectivity index (χ2n) is 5.84. The third-order valence-electron chi connectivity index (χ3n) is 3.83. The molecule has 3 aromatic rings. The second-order valence-corrected chi connectivity index (χ2v) is 5.84. The highest BCUT2D eigenvalue weighted by molar-refractivity contribution is 5.55. The van der Waals surface area contributed by atoms with Crippen LogP contribution in [0.3, 0.4) is 0 Å². The molecule has 3 rings (SSSR count). The molecule has 0 spiro atoms. The van der Waals surface area contributed by atoms with Gasteiger partial charge in [0, 0.05) is 0 Å². The van der Waals surface area contributed by atoms with Crippen LogP contribution in [0.1, 0.15) is 16.7 Å². The summed E-state index contributed by atoms with van der Waals surface area (Å²) >= 11 is 0. The van der Waals surface area contributed by atoms with Crippen molar-refractivity contribution >= 4 is 0 Å². The molecule has 122 valence electrons. The molecule has 0 unspecified atom stereocenters. The lowest BCUT2D eigenvalue weighted by Gasteiger charge is -2.16. The van der Waals surface area contributed by atoms with E-state index in [0.29, 0.717) is 17.2 Å². The van der Waals surface area contributed by atoms with E-state index >= 15 is 0 Å². The van der Waals surface area contributed by atoms with E-state index < -0.39 is 0 Å². The van der Waals surface area contributed by atoms with Crippen LogP contribution >= 0.6 is 0 Å². The third kappa shape index (κ3) is 3.35. The van der Waals surface area contributed by atoms with Gasteiger partial charge in [0.15, 0.2) is 11.5 Å². The fraction of sp³-hybridized carbons (Fsp3) is 0.143. The van der Waals surface area contributed by atoms with Gasteiger partial charge in [-0.3, -0.25) is 0 Å². The van der Waals surface area contributed by atoms with Crippen LogP contribution in [-0.2, 0) is 0 Å². The molecule has 3 nitrogen and oxygen atoms in total. The summed E-state index contributed by atoms with van der Waals surface area (Å²) in [6.45, 7) is 5.96. The van der Waals surface area contributed by atoms with Crippen molar-refractivity contribution < 1.29 is 14.6 Å². The summed E-state index contributed by atoms with van der Waals surface area (Å²) in [6.07, 6.45) is 0. The van der Waals surface area contributed by atoms with Crippen LogP contribution in [0, 0.1) is 20.8 Å². The molecule has 0 aliphatic heterocycles. The maximum absolute atomic E-state index is 10.2. The van der Waals surface area contributed by atoms with Gasteiger partial charge in [0.05, 0.1) is 0 Å². The first kappa shape index (κ1) is 15.9. The average Bonchev–Trinajstić information content (AvgIpc) is 2.56. The Morgan fingerprint density at radius 2 is 1.38 bits per heavy atom. The first-order valence-corrected chi connectivity index (χ1v) is 7.85. The first-order valence-electron chi connectivity index (χ1n) is 7.85. The van der Waals surface area contributed by atoms with Gasteiger partial charge in [-0.25, -0.2) is 0 Å². The van der Waals surface area contributed by atoms with Crippen LogP contribution in [0.4, 0.5) is 0 Å². The Bertz CT molecular complexity index is 869. The van der Waals surface area contributed by atoms with E-state index in [9.17, 15) is 5.11 Å². The molecule has 3 aromatic carbocycles. The Morgan fingerprint density at radius 3 is 2.17 bits per heavy atom. The van der Waals surface area contributed by atoms with Crippen molar-refractivity contribution in [1.29, 1.82) is 0 Å². The van der Waals surface area contributed by atoms with Crippen molar-refractivity contribution in [1.82, 2.24) is 0 Å². The van der Waals surface area contributed by atoms with Crippen molar-refractivity contribution in [3.63, 3.8) is 0 Å². The summed E-state index contributed by atoms with van der Waals surface area (Å²) < 4.78 is 12.0. The van der Waals surface area contributed by atoms with E-state index in [1.165, 1.54) is 0 Å². The number of aromatic hydroxyl groups is 1. The largest absolute Gasteiger partial charge is 0.504 e. The summed E-state index contributed by atoms with van der Waals surface area (Å²) in [6, 6.07) is 18.8. The van der Waals surface area contributed by atoms with Crippen molar-refractivity contribution in [2.24, 2.45) is 0 Å². The van der Waals surface area contributed by atoms with Crippen LogP contribution in [0.25, 0.3) is 0 Å². The molecule has 0 aliphatic rings. The van der Waals surface area contributed by atoms with Crippen molar-refractivity contribution in [2.45, 2.75) is 20.8 Å². The summed E-state index contributed by atoms with van der Waals surface area (Å²) in [5.41, 5.74) is 3.11. The molecular formula is C21H20O3. The van der Waals surface area contributed by atoms with E-state index in [1.807, 2.05) is 63.2 Å². The summed E-state index contributed by atoms with van der Waals surface area (Å²) in [7, 11) is 0. The Hall–Kier alpha value is -2.94. The molecule has 0 saturated carbocycles. The van der Waals surface area contributed by atoms with Crippen LogP contribution in [0.15, 0.2) is 60.7 Å². The lowest BCUT2D eigenvalue weighted by molar-refractivity contribution is 0.379. The molecule has 0 heterocycles. The maximum atomic E-state index is 10.2. The number of para-hydroxylation sites is 2. The molecular weight excluding hydrogens is 300 g/mol. The zero-order chi connectivity index (χ0) is 17.1. The lowest BCUT2D eigenvalue weighted by Crippen LogP contribution is -1.94. The van der Waals surface area contributed by atoms with E-state index in [2.05, 4.69) is 0 Å². The number of hydrogen-bond donors (Lipinski definition) is 1. The molecule has 0 saturated heterocycles. The topological polar surface area (TPSA) is 38.7 Å². The summed E-state index contributed by atoms with van der Waals surface area (Å²) in [5.74, 6) is 2.26. The zero-order valence-electron chi connectivity index (χ0n) is 14.0. The first-order chi connectivity index (χ1) is 11.5. The average molecular weight is 320 g/mol. The Balaban J connectivity index is 1.99. The SMILES string of the molecule is Cc1ccc(C)c(Oc2cccc(O)c2Oc2ccccc2C)c1. The number of phenols is 1. The van der Waals surface area contributed by atoms with E-state index in [1.54, 1.807) is 18.2 Å². The van der Waals surface area contributed by atoms with Gasteiger partial charge >= 0.3 is 0 Å². The van der Waals surface area contributed by atoms with Gasteiger partial charge in [-0.05, 0) is 61.7 Å². The minimum absolute atomic E-state index is 0.0426. The molecule has 24 heavy (non-hydrogen) atoms. The van der Waals surface area contributed by atoms with Gasteiger partial charge in [-0.1, -0.05) is 36.4 Å². The van der Waals surface area contributed by atoms with Gasteiger partial charge in [0.1, 0.15) is 11.5 Å². The van der Waals surface area contributed by atoms with E-state index in [-0.39, 0.29) is 5.75 Å². The quantitative estimate of drug-likeness (QED) is 0.650. The highest BCUT2D eigenvalue weighted by Crippen LogP contribution is 2.42. The Kier molecular flexibility index (Phi) is 4.43. The van der Waals surface area contributed by atoms with E-state index in [4.69, 9.17) is 9.47 Å². The van der Waals surface area contributed by atoms with Gasteiger partial charge in [0.25, 0.3) is 0 Å². The molecule has 3 heteroatoms. The molecule has 0 aromatic heterocycles. The number of rotatable bonds is 4. The van der Waals surface area contributed by atoms with Crippen LogP contribution < -0.4 is 9.47 Å². The van der Waals surface area contributed by atoms with Crippen molar-refractivity contribution in [2.75, 3.05) is 0 Å². The van der Waals surface area contributed by atoms with Gasteiger partial charge < -0.3 is 14.6 Å². The zero-order valence-corrected chi connectivity index (χ0v) is 14.0. The lowest BCUT2D eigenvalue weighted by atomic mass is 10.1. The fourth-order valence-corrected chi connectivity index (χ4v) is 2.40. The van der Waals surface area contributed by atoms with Crippen molar-refractivity contribution in [3.8, 4) is 28.7 Å². The smallest absolute Gasteiger partial charge is 0.211 e. The standard InChI is InChI=1S/C21H20O3/c1-14-11-12-16(3)20(13-14)23-19-10-6-8-17(22)21(19)24-18-9-5-4-7-15(18)2/h4-13,22H,1-3H3. The highest BCUT2D eigenvalue weighted by atomic mass is 16.5. The summed E-state index contributed by atoms with van der Waals surface area (Å²) in [4.78, 5) is 0. The molecule has 0 amide bonds. The minimum atomic E-state index is 0.0426. The maximum Gasteiger partial charge on any atom is 0.211 e. The van der Waals surface area contributed by atoms with Gasteiger partial charge in [-0.15, -0.1) is 0 Å². The van der Waals surface area contributed by atoms with E-state index in [0.717, 1.165) is 22.4 Å². The monoisotopic (exact) mass is 320 g/mol.